The van der Waals surface area contributed by atoms with Crippen LogP contribution in [0.3, 0.4) is 0 Å². The fourth-order valence-electron chi connectivity index (χ4n) is 3.09. The average Bonchev–Trinajstić information content (AvgIpc) is 3.06. The van der Waals surface area contributed by atoms with Gasteiger partial charge in [0, 0.05) is 50.2 Å². The van der Waals surface area contributed by atoms with Crippen LogP contribution in [0.4, 0.5) is 0 Å². The number of fused-ring (bicyclic) bond motifs is 3. The van der Waals surface area contributed by atoms with Gasteiger partial charge in [0.2, 0.25) is 10.0 Å². The van der Waals surface area contributed by atoms with Gasteiger partial charge in [-0.2, -0.15) is 0 Å². The Kier molecular flexibility index (Phi) is 4.83. The van der Waals surface area contributed by atoms with Crippen molar-refractivity contribution in [2.45, 2.75) is 18.2 Å². The molecule has 0 aliphatic rings. The number of aromatic nitrogens is 2. The lowest BCUT2D eigenvalue weighted by Gasteiger charge is -2.16. The number of hydrogen-bond donors (Lipinski definition) is 2. The fourth-order valence-corrected chi connectivity index (χ4v) is 4.02. The van der Waals surface area contributed by atoms with Crippen LogP contribution < -0.4 is 5.56 Å². The van der Waals surface area contributed by atoms with Gasteiger partial charge in [0.1, 0.15) is 5.52 Å². The van der Waals surface area contributed by atoms with Crippen molar-refractivity contribution in [3.8, 4) is 0 Å². The van der Waals surface area contributed by atoms with Gasteiger partial charge in [0.25, 0.3) is 11.5 Å². The second-order valence-corrected chi connectivity index (χ2v) is 8.78. The molecule has 0 aliphatic heterocycles. The summed E-state index contributed by atoms with van der Waals surface area (Å²) in [6, 6.07) is 4.48. The smallest absolute Gasteiger partial charge is 0.272 e. The van der Waals surface area contributed by atoms with E-state index in [1.54, 1.807) is 18.0 Å². The molecule has 0 unspecified atom stereocenters. The van der Waals surface area contributed by atoms with E-state index in [9.17, 15) is 18.0 Å². The van der Waals surface area contributed by atoms with Crippen molar-refractivity contribution < 1.29 is 13.2 Å². The number of benzene rings is 1. The van der Waals surface area contributed by atoms with Crippen LogP contribution in [0.25, 0.3) is 21.8 Å². The molecule has 27 heavy (non-hydrogen) atoms. The largest absolute Gasteiger partial charge is 0.356 e. The van der Waals surface area contributed by atoms with Crippen LogP contribution in [0.1, 0.15) is 23.7 Å². The van der Waals surface area contributed by atoms with Crippen LogP contribution in [0.5, 0.6) is 0 Å². The summed E-state index contributed by atoms with van der Waals surface area (Å²) < 4.78 is 26.1. The Bertz CT molecular complexity index is 1190. The Hall–Kier alpha value is -2.65. The van der Waals surface area contributed by atoms with Gasteiger partial charge in [-0.15, -0.1) is 0 Å². The molecule has 1 amide bonds. The highest BCUT2D eigenvalue weighted by Crippen LogP contribution is 2.28. The predicted molar refractivity (Wildman–Crippen MR) is 105 cm³/mol. The number of nitrogens with one attached hydrogen (secondary N) is 2. The first-order chi connectivity index (χ1) is 12.7. The van der Waals surface area contributed by atoms with Crippen molar-refractivity contribution in [2.75, 3.05) is 27.7 Å². The minimum Gasteiger partial charge on any atom is -0.356 e. The van der Waals surface area contributed by atoms with Crippen molar-refractivity contribution >= 4 is 37.7 Å². The first kappa shape index (κ1) is 19.1. The third-order valence-corrected chi connectivity index (χ3v) is 6.34. The third kappa shape index (κ3) is 3.13. The number of carbonyl (C=O) groups is 1. The van der Waals surface area contributed by atoms with E-state index in [0.29, 0.717) is 28.4 Å². The van der Waals surface area contributed by atoms with Crippen LogP contribution in [0, 0.1) is 0 Å². The first-order valence-corrected chi connectivity index (χ1v) is 9.97. The zero-order valence-corrected chi connectivity index (χ0v) is 16.5. The molecule has 9 heteroatoms. The van der Waals surface area contributed by atoms with Gasteiger partial charge in [0.15, 0.2) is 0 Å². The summed E-state index contributed by atoms with van der Waals surface area (Å²) >= 11 is 0. The molecule has 1 aromatic carbocycles. The molecule has 0 fully saturated rings. The fraction of sp³-hybridized carbons (Fsp3) is 0.333. The van der Waals surface area contributed by atoms with Crippen molar-refractivity contribution in [2.24, 2.45) is 0 Å². The average molecular weight is 390 g/mol. The second kappa shape index (κ2) is 6.82. The number of aromatic amines is 2. The van der Waals surface area contributed by atoms with E-state index in [0.717, 1.165) is 10.7 Å². The Morgan fingerprint density at radius 3 is 2.52 bits per heavy atom. The van der Waals surface area contributed by atoms with Gasteiger partial charge in [-0.3, -0.25) is 9.59 Å². The number of hydrogen-bond acceptors (Lipinski definition) is 4. The summed E-state index contributed by atoms with van der Waals surface area (Å²) in [5, 5.41) is 0.930. The summed E-state index contributed by atoms with van der Waals surface area (Å²) in [6.07, 6.45) is 2.30. The maximum atomic E-state index is 12.8. The van der Waals surface area contributed by atoms with E-state index < -0.39 is 10.0 Å². The molecule has 3 rings (SSSR count). The number of H-pyrrole nitrogens is 2. The Labute approximate surface area is 156 Å². The normalized spacial score (nSPS) is 12.2. The zero-order valence-electron chi connectivity index (χ0n) is 15.7. The van der Waals surface area contributed by atoms with Crippen LogP contribution in [0.2, 0.25) is 0 Å². The topological polar surface area (TPSA) is 106 Å². The van der Waals surface area contributed by atoms with Gasteiger partial charge < -0.3 is 14.9 Å². The van der Waals surface area contributed by atoms with E-state index >= 15 is 0 Å². The zero-order chi connectivity index (χ0) is 19.9. The third-order valence-electron chi connectivity index (χ3n) is 4.53. The van der Waals surface area contributed by atoms with Crippen LogP contribution in [0.15, 0.2) is 34.1 Å². The van der Waals surface area contributed by atoms with Crippen molar-refractivity contribution in [3.63, 3.8) is 0 Å². The SMILES string of the molecule is CCCN(C)C(=O)c1c[nH]c2c(=O)[nH]c3ccc(S(=O)(=O)N(C)C)cc3c12. The highest BCUT2D eigenvalue weighted by molar-refractivity contribution is 7.89. The Morgan fingerprint density at radius 2 is 1.89 bits per heavy atom. The van der Waals surface area contributed by atoms with Gasteiger partial charge in [0.05, 0.1) is 10.5 Å². The summed E-state index contributed by atoms with van der Waals surface area (Å²) in [4.78, 5) is 32.5. The van der Waals surface area contributed by atoms with Crippen LogP contribution >= 0.6 is 0 Å². The van der Waals surface area contributed by atoms with Gasteiger partial charge in [-0.25, -0.2) is 12.7 Å². The minimum atomic E-state index is -3.65. The monoisotopic (exact) mass is 390 g/mol. The lowest BCUT2D eigenvalue weighted by molar-refractivity contribution is 0.0797. The molecule has 144 valence electrons. The molecule has 0 spiro atoms. The molecule has 2 aromatic heterocycles. The van der Waals surface area contributed by atoms with E-state index in [1.807, 2.05) is 6.92 Å². The van der Waals surface area contributed by atoms with Crippen LogP contribution in [-0.2, 0) is 10.0 Å². The van der Waals surface area contributed by atoms with E-state index in [-0.39, 0.29) is 21.9 Å². The van der Waals surface area contributed by atoms with Crippen LogP contribution in [-0.4, -0.2) is 61.2 Å². The quantitative estimate of drug-likeness (QED) is 0.692. The molecule has 3 aromatic rings. The van der Waals surface area contributed by atoms with Gasteiger partial charge in [-0.1, -0.05) is 6.92 Å². The highest BCUT2D eigenvalue weighted by Gasteiger charge is 2.22. The maximum absolute atomic E-state index is 12.8. The molecule has 0 saturated heterocycles. The second-order valence-electron chi connectivity index (χ2n) is 6.63. The molecule has 0 atom stereocenters. The van der Waals surface area contributed by atoms with Gasteiger partial charge >= 0.3 is 0 Å². The summed E-state index contributed by atoms with van der Waals surface area (Å²) in [5.41, 5.74) is 0.696. The highest BCUT2D eigenvalue weighted by atomic mass is 32.2. The minimum absolute atomic E-state index is 0.0925. The predicted octanol–water partition coefficient (Wildman–Crippen LogP) is 1.74. The maximum Gasteiger partial charge on any atom is 0.272 e. The van der Waals surface area contributed by atoms with Crippen molar-refractivity contribution in [3.05, 3.63) is 40.3 Å². The molecule has 0 bridgehead atoms. The number of pyridine rings is 1. The Balaban J connectivity index is 2.35. The van der Waals surface area contributed by atoms with Crippen molar-refractivity contribution in [1.82, 2.24) is 19.2 Å². The molecule has 8 nitrogen and oxygen atoms in total. The lowest BCUT2D eigenvalue weighted by Crippen LogP contribution is -2.27. The van der Waals surface area contributed by atoms with E-state index in [1.165, 1.54) is 32.4 Å². The molecular formula is C18H22N4O4S. The van der Waals surface area contributed by atoms with Crippen molar-refractivity contribution in [1.29, 1.82) is 0 Å². The summed E-state index contributed by atoms with van der Waals surface area (Å²) in [5.74, 6) is -0.226. The number of amides is 1. The molecule has 0 saturated carbocycles. The number of rotatable bonds is 5. The standard InChI is InChI=1S/C18H22N4O4S/c1-5-8-22(4)18(24)13-10-19-16-15(13)12-9-11(27(25,26)21(2)3)6-7-14(12)20-17(16)23/h6-7,9-10,19H,5,8H2,1-4H3,(H,20,23). The Morgan fingerprint density at radius 1 is 1.19 bits per heavy atom. The van der Waals surface area contributed by atoms with E-state index in [4.69, 9.17) is 0 Å². The molecular weight excluding hydrogens is 368 g/mol. The number of carbonyl (C=O) groups excluding carboxylic acids is 1. The summed E-state index contributed by atoms with van der Waals surface area (Å²) in [6.45, 7) is 2.55. The lowest BCUT2D eigenvalue weighted by atomic mass is 10.1. The first-order valence-electron chi connectivity index (χ1n) is 8.53. The number of nitrogens with zero attached hydrogens (tertiary/aromatic N) is 2. The molecule has 0 radical (unpaired) electrons. The summed E-state index contributed by atoms with van der Waals surface area (Å²) in [7, 11) is 0.947. The molecule has 2 N–H and O–H groups in total. The molecule has 0 aliphatic carbocycles. The van der Waals surface area contributed by atoms with E-state index in [2.05, 4.69) is 9.97 Å². The number of sulfonamides is 1. The van der Waals surface area contributed by atoms with Gasteiger partial charge in [-0.05, 0) is 24.6 Å². The molecule has 2 heterocycles.